The van der Waals surface area contributed by atoms with Crippen LogP contribution in [0.3, 0.4) is 0 Å². The summed E-state index contributed by atoms with van der Waals surface area (Å²) in [6, 6.07) is 3.65. The number of nitrogens with one attached hydrogen (secondary N) is 2. The number of rotatable bonds is 4. The Bertz CT molecular complexity index is 982. The summed E-state index contributed by atoms with van der Waals surface area (Å²) in [5, 5.41) is 0.157. The Morgan fingerprint density at radius 2 is 1.85 bits per heavy atom. The molecule has 0 atom stereocenters. The van der Waals surface area contributed by atoms with Crippen LogP contribution in [0.1, 0.15) is 41.0 Å². The molecule has 27 heavy (non-hydrogen) atoms. The third-order valence-corrected chi connectivity index (χ3v) is 6.39. The molecule has 0 aliphatic carbocycles. The molecule has 1 aliphatic heterocycles. The summed E-state index contributed by atoms with van der Waals surface area (Å²) < 4.78 is 42.2. The molecule has 0 bridgehead atoms. The summed E-state index contributed by atoms with van der Waals surface area (Å²) in [5.74, 6) is -1.12. The third-order valence-electron chi connectivity index (χ3n) is 4.62. The Morgan fingerprint density at radius 1 is 1.19 bits per heavy atom. The Hall–Kier alpha value is -2.06. The van der Waals surface area contributed by atoms with Gasteiger partial charge in [-0.15, -0.1) is 0 Å². The number of carbonyl (C=O) groups is 1. The number of aryl methyl sites for hydroxylation is 2. The van der Waals surface area contributed by atoms with Crippen molar-refractivity contribution in [3.8, 4) is 0 Å². The third kappa shape index (κ3) is 3.96. The Balaban J connectivity index is 2.01. The highest BCUT2D eigenvalue weighted by molar-refractivity contribution is 7.92. The number of halogens is 2. The lowest BCUT2D eigenvalue weighted by Gasteiger charge is -2.27. The molecule has 1 amide bonds. The molecule has 1 aromatic heterocycles. The number of carbonyl (C=O) groups excluding carboxylic acids is 1. The fourth-order valence-electron chi connectivity index (χ4n) is 3.37. The van der Waals surface area contributed by atoms with Crippen LogP contribution in [-0.2, 0) is 10.0 Å². The predicted octanol–water partition coefficient (Wildman–Crippen LogP) is 3.85. The average Bonchev–Trinajstić information content (AvgIpc) is 2.92. The molecular formula is C18H21ClFN3O3S. The van der Waals surface area contributed by atoms with Crippen molar-refractivity contribution in [2.24, 2.45) is 0 Å². The molecule has 1 aliphatic rings. The second-order valence-corrected chi connectivity index (χ2v) is 8.72. The number of amides is 1. The first-order valence-corrected chi connectivity index (χ1v) is 10.5. The summed E-state index contributed by atoms with van der Waals surface area (Å²) in [7, 11) is -4.18. The monoisotopic (exact) mass is 413 g/mol. The van der Waals surface area contributed by atoms with Crippen LogP contribution in [-0.4, -0.2) is 37.3 Å². The fraction of sp³-hybridized carbons (Fsp3) is 0.389. The molecule has 0 spiro atoms. The van der Waals surface area contributed by atoms with E-state index in [0.29, 0.717) is 24.5 Å². The van der Waals surface area contributed by atoms with Gasteiger partial charge in [0.2, 0.25) is 0 Å². The van der Waals surface area contributed by atoms with Crippen molar-refractivity contribution in [3.05, 3.63) is 46.0 Å². The van der Waals surface area contributed by atoms with Crippen LogP contribution in [0.25, 0.3) is 0 Å². The van der Waals surface area contributed by atoms with Crippen molar-refractivity contribution in [2.75, 3.05) is 17.8 Å². The molecule has 2 aromatic rings. The van der Waals surface area contributed by atoms with Gasteiger partial charge in [-0.2, -0.15) is 0 Å². The zero-order valence-electron chi connectivity index (χ0n) is 15.1. The van der Waals surface area contributed by atoms with E-state index in [1.807, 2.05) is 0 Å². The van der Waals surface area contributed by atoms with Crippen molar-refractivity contribution < 1.29 is 17.6 Å². The van der Waals surface area contributed by atoms with Crippen LogP contribution in [0.5, 0.6) is 0 Å². The highest BCUT2D eigenvalue weighted by Gasteiger charge is 2.32. The van der Waals surface area contributed by atoms with Gasteiger partial charge in [0.1, 0.15) is 10.7 Å². The van der Waals surface area contributed by atoms with E-state index in [1.54, 1.807) is 18.7 Å². The van der Waals surface area contributed by atoms with E-state index in [0.717, 1.165) is 25.3 Å². The fourth-order valence-corrected chi connectivity index (χ4v) is 5.05. The predicted molar refractivity (Wildman–Crippen MR) is 102 cm³/mol. The van der Waals surface area contributed by atoms with E-state index < -0.39 is 15.8 Å². The SMILES string of the molecule is Cc1[nH]c(C)c(S(=O)(=O)Nc2ccc(Cl)cc2F)c1C(=O)N1CCCCC1. The maximum absolute atomic E-state index is 14.1. The van der Waals surface area contributed by atoms with Gasteiger partial charge in [0.05, 0.1) is 11.3 Å². The second-order valence-electron chi connectivity index (χ2n) is 6.66. The molecule has 9 heteroatoms. The van der Waals surface area contributed by atoms with E-state index in [2.05, 4.69) is 9.71 Å². The van der Waals surface area contributed by atoms with E-state index >= 15 is 0 Å². The molecular weight excluding hydrogens is 393 g/mol. The van der Waals surface area contributed by atoms with Crippen molar-refractivity contribution >= 4 is 33.2 Å². The molecule has 2 heterocycles. The van der Waals surface area contributed by atoms with E-state index in [4.69, 9.17) is 11.6 Å². The van der Waals surface area contributed by atoms with E-state index in [9.17, 15) is 17.6 Å². The van der Waals surface area contributed by atoms with Crippen LogP contribution in [0.4, 0.5) is 10.1 Å². The lowest BCUT2D eigenvalue weighted by molar-refractivity contribution is 0.0720. The van der Waals surface area contributed by atoms with Gasteiger partial charge in [-0.05, 0) is 51.3 Å². The van der Waals surface area contributed by atoms with Crippen LogP contribution >= 0.6 is 11.6 Å². The summed E-state index contributed by atoms with van der Waals surface area (Å²) in [6.45, 7) is 4.43. The first-order chi connectivity index (χ1) is 12.7. The Kier molecular flexibility index (Phi) is 5.48. The van der Waals surface area contributed by atoms with Crippen molar-refractivity contribution in [2.45, 2.75) is 38.0 Å². The largest absolute Gasteiger partial charge is 0.361 e. The second kappa shape index (κ2) is 7.52. The molecule has 1 aromatic carbocycles. The van der Waals surface area contributed by atoms with Gasteiger partial charge in [-0.3, -0.25) is 9.52 Å². The molecule has 3 rings (SSSR count). The van der Waals surface area contributed by atoms with Gasteiger partial charge in [0.25, 0.3) is 15.9 Å². The first kappa shape index (κ1) is 19.7. The van der Waals surface area contributed by atoms with Crippen LogP contribution in [0.15, 0.2) is 23.1 Å². The minimum absolute atomic E-state index is 0.108. The Morgan fingerprint density at radius 3 is 2.48 bits per heavy atom. The smallest absolute Gasteiger partial charge is 0.264 e. The summed E-state index contributed by atoms with van der Waals surface area (Å²) in [5.41, 5.74) is 0.681. The maximum atomic E-state index is 14.1. The molecule has 1 saturated heterocycles. The van der Waals surface area contributed by atoms with Crippen molar-refractivity contribution in [1.29, 1.82) is 0 Å². The van der Waals surface area contributed by atoms with Crippen LogP contribution in [0, 0.1) is 19.7 Å². The number of aromatic amines is 1. The van der Waals surface area contributed by atoms with Gasteiger partial charge in [-0.1, -0.05) is 11.6 Å². The summed E-state index contributed by atoms with van der Waals surface area (Å²) in [6.07, 6.45) is 2.84. The molecule has 0 saturated carbocycles. The van der Waals surface area contributed by atoms with Gasteiger partial charge in [0, 0.05) is 29.5 Å². The highest BCUT2D eigenvalue weighted by Crippen LogP contribution is 2.29. The van der Waals surface area contributed by atoms with Gasteiger partial charge in [0.15, 0.2) is 0 Å². The van der Waals surface area contributed by atoms with Crippen molar-refractivity contribution in [1.82, 2.24) is 9.88 Å². The molecule has 0 radical (unpaired) electrons. The van der Waals surface area contributed by atoms with E-state index in [-0.39, 0.29) is 27.1 Å². The summed E-state index contributed by atoms with van der Waals surface area (Å²) >= 11 is 5.71. The topological polar surface area (TPSA) is 82.3 Å². The molecule has 1 fully saturated rings. The number of H-pyrrole nitrogens is 1. The normalized spacial score (nSPS) is 15.0. The number of hydrogen-bond donors (Lipinski definition) is 2. The number of aromatic nitrogens is 1. The lowest BCUT2D eigenvalue weighted by atomic mass is 10.1. The zero-order valence-corrected chi connectivity index (χ0v) is 16.7. The molecule has 2 N–H and O–H groups in total. The minimum atomic E-state index is -4.18. The van der Waals surface area contributed by atoms with E-state index in [1.165, 1.54) is 12.1 Å². The number of benzene rings is 1. The number of anilines is 1. The molecule has 0 unspecified atom stereocenters. The maximum Gasteiger partial charge on any atom is 0.264 e. The number of hydrogen-bond acceptors (Lipinski definition) is 3. The zero-order chi connectivity index (χ0) is 19.8. The number of sulfonamides is 1. The highest BCUT2D eigenvalue weighted by atomic mass is 35.5. The number of likely N-dealkylation sites (tertiary alicyclic amines) is 1. The minimum Gasteiger partial charge on any atom is -0.361 e. The lowest BCUT2D eigenvalue weighted by Crippen LogP contribution is -2.36. The van der Waals surface area contributed by atoms with Crippen LogP contribution in [0.2, 0.25) is 5.02 Å². The van der Waals surface area contributed by atoms with Crippen molar-refractivity contribution in [3.63, 3.8) is 0 Å². The summed E-state index contributed by atoms with van der Waals surface area (Å²) in [4.78, 5) is 17.4. The molecule has 6 nitrogen and oxygen atoms in total. The van der Waals surface area contributed by atoms with Gasteiger partial charge >= 0.3 is 0 Å². The first-order valence-electron chi connectivity index (χ1n) is 8.67. The standard InChI is InChI=1S/C18H21ClFN3O3S/c1-11-16(18(24)23-8-4-3-5-9-23)17(12(2)21-11)27(25,26)22-15-7-6-13(19)10-14(15)20/h6-7,10,21-22H,3-5,8-9H2,1-2H3. The van der Waals surface area contributed by atoms with Crippen LogP contribution < -0.4 is 4.72 Å². The quantitative estimate of drug-likeness (QED) is 0.798. The average molecular weight is 414 g/mol. The molecule has 146 valence electrons. The number of piperidine rings is 1. The Labute approximate surface area is 162 Å². The van der Waals surface area contributed by atoms with Gasteiger partial charge < -0.3 is 9.88 Å². The number of nitrogens with zero attached hydrogens (tertiary/aromatic N) is 1. The van der Waals surface area contributed by atoms with Gasteiger partial charge in [-0.25, -0.2) is 12.8 Å².